The second kappa shape index (κ2) is 4.88. The van der Waals surface area contributed by atoms with Crippen LogP contribution in [0.25, 0.3) is 11.3 Å². The third-order valence-corrected chi connectivity index (χ3v) is 2.99. The number of imidazole rings is 1. The first-order chi connectivity index (χ1) is 8.84. The lowest BCUT2D eigenvalue weighted by atomic mass is 10.1. The lowest BCUT2D eigenvalue weighted by molar-refractivity contribution is 0.0227. The molecule has 0 saturated carbocycles. The van der Waals surface area contributed by atoms with E-state index < -0.39 is 0 Å². The molecule has 1 aromatic heterocycles. The molecule has 0 radical (unpaired) electrons. The number of nitrogens with zero attached hydrogens (tertiary/aromatic N) is 1. The normalized spacial score (nSPS) is 19.9. The maximum absolute atomic E-state index is 13.6. The van der Waals surface area contributed by atoms with Crippen molar-refractivity contribution in [3.8, 4) is 11.3 Å². The number of rotatable bonds is 2. The Morgan fingerprint density at radius 1 is 1.33 bits per heavy atom. The highest BCUT2D eigenvalue weighted by atomic mass is 19.1. The molecule has 0 bridgehead atoms. The van der Waals surface area contributed by atoms with Gasteiger partial charge < -0.3 is 15.0 Å². The molecular formula is C13H14FN3O. The highest BCUT2D eigenvalue weighted by Gasteiger charge is 2.19. The molecule has 1 aliphatic heterocycles. The number of halogens is 1. The standard InChI is InChI=1S/C13H14FN3O/c14-10-4-2-1-3-9(10)11-7-16-13(17-11)12-8-15-5-6-18-12/h1-4,7,12,15H,5-6,8H2,(H,16,17). The minimum atomic E-state index is -0.254. The van der Waals surface area contributed by atoms with Crippen LogP contribution in [0.5, 0.6) is 0 Å². The van der Waals surface area contributed by atoms with Gasteiger partial charge in [-0.3, -0.25) is 0 Å². The Morgan fingerprint density at radius 2 is 2.22 bits per heavy atom. The summed E-state index contributed by atoms with van der Waals surface area (Å²) in [5, 5.41) is 3.23. The minimum absolute atomic E-state index is 0.0840. The van der Waals surface area contributed by atoms with E-state index in [1.807, 2.05) is 0 Å². The Kier molecular flexibility index (Phi) is 3.08. The molecule has 0 aliphatic carbocycles. The molecule has 5 heteroatoms. The van der Waals surface area contributed by atoms with Crippen molar-refractivity contribution in [1.82, 2.24) is 15.3 Å². The van der Waals surface area contributed by atoms with Crippen molar-refractivity contribution in [3.63, 3.8) is 0 Å². The van der Waals surface area contributed by atoms with E-state index in [9.17, 15) is 4.39 Å². The van der Waals surface area contributed by atoms with Crippen molar-refractivity contribution in [1.29, 1.82) is 0 Å². The fourth-order valence-corrected chi connectivity index (χ4v) is 2.06. The molecule has 94 valence electrons. The number of benzene rings is 1. The van der Waals surface area contributed by atoms with Crippen LogP contribution in [0.1, 0.15) is 11.9 Å². The van der Waals surface area contributed by atoms with E-state index in [1.165, 1.54) is 6.07 Å². The summed E-state index contributed by atoms with van der Waals surface area (Å²) in [5.41, 5.74) is 1.21. The molecular weight excluding hydrogens is 233 g/mol. The summed E-state index contributed by atoms with van der Waals surface area (Å²) in [5.74, 6) is 0.482. The molecule has 1 unspecified atom stereocenters. The van der Waals surface area contributed by atoms with Gasteiger partial charge in [-0.15, -0.1) is 0 Å². The first kappa shape index (κ1) is 11.4. The Balaban J connectivity index is 1.87. The largest absolute Gasteiger partial charge is 0.368 e. The first-order valence-corrected chi connectivity index (χ1v) is 5.97. The summed E-state index contributed by atoms with van der Waals surface area (Å²) in [6.07, 6.45) is 1.56. The number of hydrogen-bond acceptors (Lipinski definition) is 3. The average Bonchev–Trinajstić information content (AvgIpc) is 2.90. The fourth-order valence-electron chi connectivity index (χ4n) is 2.06. The number of aromatic nitrogens is 2. The van der Waals surface area contributed by atoms with E-state index in [0.29, 0.717) is 17.9 Å². The molecule has 18 heavy (non-hydrogen) atoms. The Morgan fingerprint density at radius 3 is 3.00 bits per heavy atom. The van der Waals surface area contributed by atoms with Crippen LogP contribution in [0.4, 0.5) is 4.39 Å². The summed E-state index contributed by atoms with van der Waals surface area (Å²) >= 11 is 0. The zero-order chi connectivity index (χ0) is 12.4. The van der Waals surface area contributed by atoms with Crippen LogP contribution in [0, 0.1) is 5.82 Å². The van der Waals surface area contributed by atoms with Crippen LogP contribution in [-0.4, -0.2) is 29.7 Å². The molecule has 2 aromatic rings. The van der Waals surface area contributed by atoms with Crippen molar-refractivity contribution in [3.05, 3.63) is 42.1 Å². The number of ether oxygens (including phenoxy) is 1. The third-order valence-electron chi connectivity index (χ3n) is 2.99. The van der Waals surface area contributed by atoms with Gasteiger partial charge in [-0.05, 0) is 12.1 Å². The van der Waals surface area contributed by atoms with Gasteiger partial charge in [0.1, 0.15) is 17.7 Å². The maximum Gasteiger partial charge on any atom is 0.137 e. The van der Waals surface area contributed by atoms with Gasteiger partial charge in [-0.1, -0.05) is 12.1 Å². The van der Waals surface area contributed by atoms with Gasteiger partial charge in [-0.2, -0.15) is 0 Å². The second-order valence-electron chi connectivity index (χ2n) is 4.23. The van der Waals surface area contributed by atoms with Crippen molar-refractivity contribution >= 4 is 0 Å². The van der Waals surface area contributed by atoms with E-state index in [0.717, 1.165) is 18.9 Å². The molecule has 1 aromatic carbocycles. The molecule has 0 spiro atoms. The molecule has 1 aliphatic rings. The zero-order valence-corrected chi connectivity index (χ0v) is 9.82. The van der Waals surface area contributed by atoms with Crippen LogP contribution in [-0.2, 0) is 4.74 Å². The Hall–Kier alpha value is -1.72. The van der Waals surface area contributed by atoms with E-state index in [1.54, 1.807) is 24.4 Å². The summed E-state index contributed by atoms with van der Waals surface area (Å²) in [7, 11) is 0. The van der Waals surface area contributed by atoms with Crippen molar-refractivity contribution in [2.75, 3.05) is 19.7 Å². The van der Waals surface area contributed by atoms with Crippen LogP contribution < -0.4 is 5.32 Å². The predicted octanol–water partition coefficient (Wildman–Crippen LogP) is 1.88. The summed E-state index contributed by atoms with van der Waals surface area (Å²) in [6, 6.07) is 6.64. The van der Waals surface area contributed by atoms with Gasteiger partial charge in [0, 0.05) is 18.7 Å². The van der Waals surface area contributed by atoms with Crippen molar-refractivity contribution in [2.24, 2.45) is 0 Å². The van der Waals surface area contributed by atoms with Crippen molar-refractivity contribution < 1.29 is 9.13 Å². The molecule has 1 saturated heterocycles. The molecule has 2 heterocycles. The zero-order valence-electron chi connectivity index (χ0n) is 9.82. The van der Waals surface area contributed by atoms with Crippen LogP contribution in [0.2, 0.25) is 0 Å². The SMILES string of the molecule is Fc1ccccc1-c1cnc(C2CNCCO2)[nH]1. The lowest BCUT2D eigenvalue weighted by Crippen LogP contribution is -2.33. The molecule has 2 N–H and O–H groups in total. The van der Waals surface area contributed by atoms with Crippen LogP contribution in [0.3, 0.4) is 0 Å². The van der Waals surface area contributed by atoms with E-state index in [-0.39, 0.29) is 11.9 Å². The number of hydrogen-bond donors (Lipinski definition) is 2. The highest BCUT2D eigenvalue weighted by molar-refractivity contribution is 5.59. The van der Waals surface area contributed by atoms with Gasteiger partial charge in [-0.25, -0.2) is 9.37 Å². The number of H-pyrrole nitrogens is 1. The molecule has 1 atom stereocenters. The average molecular weight is 247 g/mol. The maximum atomic E-state index is 13.6. The molecule has 3 rings (SSSR count). The van der Waals surface area contributed by atoms with Gasteiger partial charge in [0.05, 0.1) is 18.5 Å². The van der Waals surface area contributed by atoms with Gasteiger partial charge >= 0.3 is 0 Å². The summed E-state index contributed by atoms with van der Waals surface area (Å²) < 4.78 is 19.2. The van der Waals surface area contributed by atoms with Gasteiger partial charge in [0.2, 0.25) is 0 Å². The van der Waals surface area contributed by atoms with E-state index in [2.05, 4.69) is 15.3 Å². The van der Waals surface area contributed by atoms with Crippen LogP contribution >= 0.6 is 0 Å². The monoisotopic (exact) mass is 247 g/mol. The second-order valence-corrected chi connectivity index (χ2v) is 4.23. The summed E-state index contributed by atoms with van der Waals surface area (Å²) in [6.45, 7) is 2.25. The smallest absolute Gasteiger partial charge is 0.137 e. The number of morpholine rings is 1. The fraction of sp³-hybridized carbons (Fsp3) is 0.308. The van der Waals surface area contributed by atoms with E-state index >= 15 is 0 Å². The molecule has 4 nitrogen and oxygen atoms in total. The number of nitrogens with one attached hydrogen (secondary N) is 2. The Labute approximate surface area is 104 Å². The first-order valence-electron chi connectivity index (χ1n) is 5.97. The predicted molar refractivity (Wildman–Crippen MR) is 65.5 cm³/mol. The van der Waals surface area contributed by atoms with Gasteiger partial charge in [0.25, 0.3) is 0 Å². The summed E-state index contributed by atoms with van der Waals surface area (Å²) in [4.78, 5) is 7.39. The highest BCUT2D eigenvalue weighted by Crippen LogP contribution is 2.23. The topological polar surface area (TPSA) is 49.9 Å². The van der Waals surface area contributed by atoms with Gasteiger partial charge in [0.15, 0.2) is 0 Å². The van der Waals surface area contributed by atoms with E-state index in [4.69, 9.17) is 4.74 Å². The lowest BCUT2D eigenvalue weighted by Gasteiger charge is -2.21. The minimum Gasteiger partial charge on any atom is -0.368 e. The molecule has 1 fully saturated rings. The molecule has 0 amide bonds. The quantitative estimate of drug-likeness (QED) is 0.851. The van der Waals surface area contributed by atoms with Crippen LogP contribution in [0.15, 0.2) is 30.5 Å². The van der Waals surface area contributed by atoms with Crippen molar-refractivity contribution in [2.45, 2.75) is 6.10 Å². The Bertz CT molecular complexity index is 535. The third kappa shape index (κ3) is 2.14. The number of aromatic amines is 1.